The van der Waals surface area contributed by atoms with E-state index < -0.39 is 23.8 Å². The average Bonchev–Trinajstić information content (AvgIpc) is 2.74. The maximum absolute atomic E-state index is 11.4. The van der Waals surface area contributed by atoms with E-state index in [0.29, 0.717) is 0 Å². The maximum Gasteiger partial charge on any atom is 0.310 e. The van der Waals surface area contributed by atoms with Gasteiger partial charge in [-0.2, -0.15) is 0 Å². The molecule has 2 aliphatic carbocycles. The molecule has 0 aliphatic heterocycles. The molecular weight excluding hydrogens is 184 g/mol. The third-order valence-electron chi connectivity index (χ3n) is 3.22. The van der Waals surface area contributed by atoms with Crippen molar-refractivity contribution in [2.24, 2.45) is 23.7 Å². The van der Waals surface area contributed by atoms with E-state index in [2.05, 4.69) is 4.74 Å². The fourth-order valence-electron chi connectivity index (χ4n) is 2.62. The Hall–Kier alpha value is -1.32. The lowest BCUT2D eigenvalue weighted by atomic mass is 9.83. The van der Waals surface area contributed by atoms with Gasteiger partial charge in [-0.05, 0) is 18.3 Å². The minimum atomic E-state index is -0.891. The van der Waals surface area contributed by atoms with Crippen molar-refractivity contribution in [3.8, 4) is 0 Å². The summed E-state index contributed by atoms with van der Waals surface area (Å²) in [6.45, 7) is 0. The highest BCUT2D eigenvalue weighted by atomic mass is 16.5. The van der Waals surface area contributed by atoms with Crippen LogP contribution in [0.5, 0.6) is 0 Å². The van der Waals surface area contributed by atoms with E-state index in [9.17, 15) is 9.59 Å². The van der Waals surface area contributed by atoms with Crippen LogP contribution >= 0.6 is 0 Å². The third kappa shape index (κ3) is 1.14. The number of carboxylic acids is 1. The van der Waals surface area contributed by atoms with Gasteiger partial charge in [0.15, 0.2) is 0 Å². The highest BCUT2D eigenvalue weighted by Crippen LogP contribution is 2.48. The molecule has 2 bridgehead atoms. The smallest absolute Gasteiger partial charge is 0.310 e. The van der Waals surface area contributed by atoms with Gasteiger partial charge in [0, 0.05) is 0 Å². The van der Waals surface area contributed by atoms with Gasteiger partial charge in [0.05, 0.1) is 18.9 Å². The van der Waals surface area contributed by atoms with Crippen LogP contribution in [0.15, 0.2) is 12.2 Å². The number of hydrogen-bond donors (Lipinski definition) is 1. The summed E-state index contributed by atoms with van der Waals surface area (Å²) in [5, 5.41) is 9.01. The predicted molar refractivity (Wildman–Crippen MR) is 47.4 cm³/mol. The van der Waals surface area contributed by atoms with E-state index in [1.165, 1.54) is 7.11 Å². The van der Waals surface area contributed by atoms with Crippen LogP contribution in [0.4, 0.5) is 0 Å². The van der Waals surface area contributed by atoms with Crippen LogP contribution in [0.2, 0.25) is 0 Å². The van der Waals surface area contributed by atoms with Crippen molar-refractivity contribution in [3.05, 3.63) is 12.2 Å². The lowest BCUT2D eigenvalue weighted by molar-refractivity contribution is -0.156. The van der Waals surface area contributed by atoms with Crippen molar-refractivity contribution in [1.82, 2.24) is 0 Å². The van der Waals surface area contributed by atoms with Crippen molar-refractivity contribution >= 4 is 11.9 Å². The second kappa shape index (κ2) is 3.12. The number of rotatable bonds is 2. The van der Waals surface area contributed by atoms with E-state index in [-0.39, 0.29) is 11.8 Å². The summed E-state index contributed by atoms with van der Waals surface area (Å²) in [5.41, 5.74) is 0. The molecule has 0 radical (unpaired) electrons. The number of carboxylic acid groups (broad SMARTS) is 1. The number of esters is 1. The Morgan fingerprint density at radius 2 is 1.86 bits per heavy atom. The Bertz CT molecular complexity index is 307. The summed E-state index contributed by atoms with van der Waals surface area (Å²) in [6.07, 6.45) is 4.62. The third-order valence-corrected chi connectivity index (χ3v) is 3.22. The number of carbonyl (C=O) groups excluding carboxylic acids is 1. The number of methoxy groups -OCH3 is 1. The summed E-state index contributed by atoms with van der Waals surface area (Å²) in [7, 11) is 1.30. The van der Waals surface area contributed by atoms with Gasteiger partial charge in [-0.25, -0.2) is 0 Å². The van der Waals surface area contributed by atoms with Gasteiger partial charge >= 0.3 is 11.9 Å². The second-order valence-corrected chi connectivity index (χ2v) is 3.86. The van der Waals surface area contributed by atoms with Crippen molar-refractivity contribution in [2.45, 2.75) is 6.42 Å². The average molecular weight is 196 g/mol. The van der Waals surface area contributed by atoms with Gasteiger partial charge in [0.25, 0.3) is 0 Å². The lowest BCUT2D eigenvalue weighted by Gasteiger charge is -2.21. The summed E-state index contributed by atoms with van der Waals surface area (Å²) in [5.74, 6) is -2.27. The molecule has 1 saturated carbocycles. The molecule has 0 aromatic carbocycles. The standard InChI is InChI=1S/C10H12O4/c1-14-10(13)8-6-3-2-5(4-6)7(8)9(11)12/h2-3,5-8H,4H2,1H3,(H,11,12)/t5-,6+,7+,8-/m0/s1. The summed E-state index contributed by atoms with van der Waals surface area (Å²) < 4.78 is 4.63. The maximum atomic E-state index is 11.4. The van der Waals surface area contributed by atoms with Crippen LogP contribution < -0.4 is 0 Å². The van der Waals surface area contributed by atoms with Crippen LogP contribution in [0.1, 0.15) is 6.42 Å². The van der Waals surface area contributed by atoms with Gasteiger partial charge in [-0.15, -0.1) is 0 Å². The van der Waals surface area contributed by atoms with Crippen LogP contribution in [-0.4, -0.2) is 24.2 Å². The topological polar surface area (TPSA) is 63.6 Å². The molecule has 0 saturated heterocycles. The molecule has 4 heteroatoms. The first-order valence-electron chi connectivity index (χ1n) is 4.64. The molecule has 0 aromatic rings. The summed E-state index contributed by atoms with van der Waals surface area (Å²) in [6, 6.07) is 0. The zero-order valence-corrected chi connectivity index (χ0v) is 7.84. The molecule has 0 aromatic heterocycles. The van der Waals surface area contributed by atoms with E-state index in [4.69, 9.17) is 5.11 Å². The van der Waals surface area contributed by atoms with Crippen molar-refractivity contribution in [2.75, 3.05) is 7.11 Å². The van der Waals surface area contributed by atoms with Crippen LogP contribution in [0, 0.1) is 23.7 Å². The van der Waals surface area contributed by atoms with Gasteiger partial charge in [0.1, 0.15) is 0 Å². The van der Waals surface area contributed by atoms with E-state index >= 15 is 0 Å². The minimum Gasteiger partial charge on any atom is -0.481 e. The molecule has 0 spiro atoms. The number of fused-ring (bicyclic) bond motifs is 2. The molecule has 14 heavy (non-hydrogen) atoms. The molecule has 2 aliphatic rings. The monoisotopic (exact) mass is 196 g/mol. The number of carbonyl (C=O) groups is 2. The van der Waals surface area contributed by atoms with Crippen molar-refractivity contribution < 1.29 is 19.4 Å². The fourth-order valence-corrected chi connectivity index (χ4v) is 2.62. The molecule has 76 valence electrons. The SMILES string of the molecule is COC(=O)[C@@H]1[C@H](C(=O)O)[C@H]2C=C[C@@H]1C2. The first-order chi connectivity index (χ1) is 6.65. The number of allylic oxidation sites excluding steroid dienone is 2. The zero-order chi connectivity index (χ0) is 10.3. The quantitative estimate of drug-likeness (QED) is 0.521. The number of hydrogen-bond acceptors (Lipinski definition) is 3. The molecule has 0 unspecified atom stereocenters. The van der Waals surface area contributed by atoms with E-state index in [1.807, 2.05) is 12.2 Å². The largest absolute Gasteiger partial charge is 0.481 e. The highest BCUT2D eigenvalue weighted by molar-refractivity contribution is 5.83. The van der Waals surface area contributed by atoms with Crippen molar-refractivity contribution in [3.63, 3.8) is 0 Å². The Morgan fingerprint density at radius 1 is 1.29 bits per heavy atom. The highest BCUT2D eigenvalue weighted by Gasteiger charge is 2.52. The van der Waals surface area contributed by atoms with E-state index in [0.717, 1.165) is 6.42 Å². The lowest BCUT2D eigenvalue weighted by Crippen LogP contribution is -2.33. The molecular formula is C10H12O4. The minimum absolute atomic E-state index is 0.0154. The number of aliphatic carboxylic acids is 1. The molecule has 0 amide bonds. The van der Waals surface area contributed by atoms with Gasteiger partial charge in [-0.3, -0.25) is 9.59 Å². The molecule has 1 N–H and O–H groups in total. The molecule has 2 rings (SSSR count). The van der Waals surface area contributed by atoms with Gasteiger partial charge < -0.3 is 9.84 Å². The van der Waals surface area contributed by atoms with Crippen LogP contribution in [0.25, 0.3) is 0 Å². The van der Waals surface area contributed by atoms with Gasteiger partial charge in [0.2, 0.25) is 0 Å². The van der Waals surface area contributed by atoms with Crippen LogP contribution in [-0.2, 0) is 14.3 Å². The predicted octanol–water partition coefficient (Wildman–Crippen LogP) is 0.682. The fraction of sp³-hybridized carbons (Fsp3) is 0.600. The van der Waals surface area contributed by atoms with Gasteiger partial charge in [-0.1, -0.05) is 12.2 Å². The Kier molecular flexibility index (Phi) is 2.06. The normalized spacial score (nSPS) is 38.6. The van der Waals surface area contributed by atoms with E-state index in [1.54, 1.807) is 0 Å². The second-order valence-electron chi connectivity index (χ2n) is 3.86. The molecule has 4 nitrogen and oxygen atoms in total. The van der Waals surface area contributed by atoms with Crippen LogP contribution in [0.3, 0.4) is 0 Å². The summed E-state index contributed by atoms with van der Waals surface area (Å²) >= 11 is 0. The molecule has 1 fully saturated rings. The number of ether oxygens (including phenoxy) is 1. The molecule has 4 atom stereocenters. The Balaban J connectivity index is 2.26. The first kappa shape index (κ1) is 9.24. The van der Waals surface area contributed by atoms with Crippen molar-refractivity contribution in [1.29, 1.82) is 0 Å². The first-order valence-corrected chi connectivity index (χ1v) is 4.64. The Morgan fingerprint density at radius 3 is 2.36 bits per heavy atom. The Labute approximate surface area is 81.6 Å². The molecule has 0 heterocycles. The zero-order valence-electron chi connectivity index (χ0n) is 7.84. The summed E-state index contributed by atoms with van der Waals surface area (Å²) in [4.78, 5) is 22.4.